The first kappa shape index (κ1) is 11.5. The Bertz CT molecular complexity index is 308. The van der Waals surface area contributed by atoms with E-state index >= 15 is 0 Å². The van der Waals surface area contributed by atoms with Crippen LogP contribution in [0.15, 0.2) is 24.3 Å². The molecule has 0 atom stereocenters. The van der Waals surface area contributed by atoms with E-state index in [4.69, 9.17) is 10.5 Å². The van der Waals surface area contributed by atoms with E-state index in [-0.39, 0.29) is 5.97 Å². The molecule has 0 aliphatic heterocycles. The Morgan fingerprint density at radius 2 is 2.00 bits per heavy atom. The van der Waals surface area contributed by atoms with E-state index in [1.54, 1.807) is 24.3 Å². The van der Waals surface area contributed by atoms with Crippen molar-refractivity contribution < 1.29 is 14.3 Å². The number of hydrogen-bond acceptors (Lipinski definition) is 4. The van der Waals surface area contributed by atoms with Gasteiger partial charge in [-0.1, -0.05) is 0 Å². The van der Waals surface area contributed by atoms with Crippen LogP contribution < -0.4 is 10.5 Å². The summed E-state index contributed by atoms with van der Waals surface area (Å²) in [6, 6.07) is 6.82. The van der Waals surface area contributed by atoms with Gasteiger partial charge in [-0.15, -0.1) is 0 Å². The fourth-order valence-electron chi connectivity index (χ4n) is 1.08. The molecule has 0 amide bonds. The summed E-state index contributed by atoms with van der Waals surface area (Å²) in [7, 11) is 1.36. The molecule has 2 N–H and O–H groups in total. The molecule has 0 aliphatic rings. The lowest BCUT2D eigenvalue weighted by Gasteiger charge is -2.05. The lowest BCUT2D eigenvalue weighted by molar-refractivity contribution is 0.0600. The lowest BCUT2D eigenvalue weighted by Crippen LogP contribution is -2.06. The third kappa shape index (κ3) is 3.59. The van der Waals surface area contributed by atoms with Gasteiger partial charge in [-0.3, -0.25) is 0 Å². The molecule has 0 aromatic heterocycles. The Kier molecular flexibility index (Phi) is 4.63. The summed E-state index contributed by atoms with van der Waals surface area (Å²) in [6.07, 6.45) is 0.818. The molecular formula is C11H15NO3. The van der Waals surface area contributed by atoms with Crippen molar-refractivity contribution in [1.29, 1.82) is 0 Å². The summed E-state index contributed by atoms with van der Waals surface area (Å²) < 4.78 is 9.96. The highest BCUT2D eigenvalue weighted by molar-refractivity contribution is 5.89. The first-order chi connectivity index (χ1) is 7.27. The van der Waals surface area contributed by atoms with E-state index in [2.05, 4.69) is 4.74 Å². The zero-order chi connectivity index (χ0) is 11.1. The third-order valence-electron chi connectivity index (χ3n) is 1.89. The van der Waals surface area contributed by atoms with Gasteiger partial charge in [0.15, 0.2) is 0 Å². The molecule has 0 saturated carbocycles. The van der Waals surface area contributed by atoms with Gasteiger partial charge in [-0.2, -0.15) is 0 Å². The van der Waals surface area contributed by atoms with Crippen molar-refractivity contribution in [3.8, 4) is 5.75 Å². The summed E-state index contributed by atoms with van der Waals surface area (Å²) in [5.74, 6) is 0.389. The molecule has 15 heavy (non-hydrogen) atoms. The van der Waals surface area contributed by atoms with Crippen LogP contribution in [0, 0.1) is 0 Å². The minimum absolute atomic E-state index is 0.344. The Hall–Kier alpha value is -1.55. The molecule has 1 aromatic carbocycles. The molecule has 0 aliphatic carbocycles. The van der Waals surface area contributed by atoms with Crippen LogP contribution in [0.2, 0.25) is 0 Å². The van der Waals surface area contributed by atoms with Crippen LogP contribution in [-0.2, 0) is 4.74 Å². The number of hydrogen-bond donors (Lipinski definition) is 1. The van der Waals surface area contributed by atoms with Gasteiger partial charge in [0.25, 0.3) is 0 Å². The van der Waals surface area contributed by atoms with Gasteiger partial charge in [0, 0.05) is 0 Å². The van der Waals surface area contributed by atoms with Gasteiger partial charge in [0.1, 0.15) is 5.75 Å². The van der Waals surface area contributed by atoms with Crippen LogP contribution in [0.25, 0.3) is 0 Å². The predicted octanol–water partition coefficient (Wildman–Crippen LogP) is 1.20. The maximum atomic E-state index is 11.1. The molecule has 4 nitrogen and oxygen atoms in total. The summed E-state index contributed by atoms with van der Waals surface area (Å²) in [5, 5.41) is 0. The van der Waals surface area contributed by atoms with Crippen molar-refractivity contribution in [2.24, 2.45) is 5.73 Å². The molecule has 0 heterocycles. The molecule has 0 fully saturated rings. The average molecular weight is 209 g/mol. The molecule has 0 unspecified atom stereocenters. The van der Waals surface area contributed by atoms with Crippen molar-refractivity contribution in [1.82, 2.24) is 0 Å². The largest absolute Gasteiger partial charge is 0.494 e. The van der Waals surface area contributed by atoms with Crippen molar-refractivity contribution >= 4 is 5.97 Å². The topological polar surface area (TPSA) is 61.5 Å². The smallest absolute Gasteiger partial charge is 0.337 e. The molecule has 1 rings (SSSR count). The van der Waals surface area contributed by atoms with Crippen molar-refractivity contribution in [3.63, 3.8) is 0 Å². The average Bonchev–Trinajstić information content (AvgIpc) is 2.29. The minimum atomic E-state index is -0.344. The van der Waals surface area contributed by atoms with Gasteiger partial charge in [-0.05, 0) is 37.2 Å². The Balaban J connectivity index is 2.52. The molecule has 82 valence electrons. The Morgan fingerprint density at radius 3 is 2.53 bits per heavy atom. The zero-order valence-corrected chi connectivity index (χ0v) is 8.73. The first-order valence-corrected chi connectivity index (χ1v) is 4.79. The summed E-state index contributed by atoms with van der Waals surface area (Å²) in [6.45, 7) is 1.20. The van der Waals surface area contributed by atoms with E-state index in [9.17, 15) is 4.79 Å². The molecule has 0 bridgehead atoms. The SMILES string of the molecule is COC(=O)c1ccc(OCCCN)cc1. The number of carbonyl (C=O) groups is 1. The molecular weight excluding hydrogens is 194 g/mol. The predicted molar refractivity (Wildman–Crippen MR) is 56.9 cm³/mol. The van der Waals surface area contributed by atoms with Crippen LogP contribution in [0.3, 0.4) is 0 Å². The quantitative estimate of drug-likeness (QED) is 0.584. The van der Waals surface area contributed by atoms with Crippen molar-refractivity contribution in [2.75, 3.05) is 20.3 Å². The van der Waals surface area contributed by atoms with Crippen LogP contribution in [0.4, 0.5) is 0 Å². The zero-order valence-electron chi connectivity index (χ0n) is 8.73. The minimum Gasteiger partial charge on any atom is -0.494 e. The number of methoxy groups -OCH3 is 1. The molecule has 0 saturated heterocycles. The highest BCUT2D eigenvalue weighted by atomic mass is 16.5. The number of benzene rings is 1. The molecule has 1 aromatic rings. The van der Waals surface area contributed by atoms with Gasteiger partial charge in [0.2, 0.25) is 0 Å². The third-order valence-corrected chi connectivity index (χ3v) is 1.89. The second-order valence-electron chi connectivity index (χ2n) is 3.01. The highest BCUT2D eigenvalue weighted by Gasteiger charge is 2.04. The molecule has 0 radical (unpaired) electrons. The van der Waals surface area contributed by atoms with Gasteiger partial charge < -0.3 is 15.2 Å². The Morgan fingerprint density at radius 1 is 1.33 bits per heavy atom. The number of esters is 1. The standard InChI is InChI=1S/C11H15NO3/c1-14-11(13)9-3-5-10(6-4-9)15-8-2-7-12/h3-6H,2,7-8,12H2,1H3. The number of carbonyl (C=O) groups excluding carboxylic acids is 1. The summed E-state index contributed by atoms with van der Waals surface area (Å²) in [4.78, 5) is 11.1. The second kappa shape index (κ2) is 6.03. The van der Waals surface area contributed by atoms with E-state index in [0.717, 1.165) is 12.2 Å². The number of rotatable bonds is 5. The molecule has 0 spiro atoms. The second-order valence-corrected chi connectivity index (χ2v) is 3.01. The summed E-state index contributed by atoms with van der Waals surface area (Å²) >= 11 is 0. The fourth-order valence-corrected chi connectivity index (χ4v) is 1.08. The maximum Gasteiger partial charge on any atom is 0.337 e. The highest BCUT2D eigenvalue weighted by Crippen LogP contribution is 2.12. The first-order valence-electron chi connectivity index (χ1n) is 4.79. The van der Waals surface area contributed by atoms with E-state index in [1.807, 2.05) is 0 Å². The van der Waals surface area contributed by atoms with Crippen molar-refractivity contribution in [2.45, 2.75) is 6.42 Å². The molecule has 4 heteroatoms. The maximum absolute atomic E-state index is 11.1. The van der Waals surface area contributed by atoms with E-state index in [1.165, 1.54) is 7.11 Å². The monoisotopic (exact) mass is 209 g/mol. The number of ether oxygens (including phenoxy) is 2. The van der Waals surface area contributed by atoms with Crippen LogP contribution >= 0.6 is 0 Å². The Labute approximate surface area is 89.0 Å². The van der Waals surface area contributed by atoms with Gasteiger partial charge in [-0.25, -0.2) is 4.79 Å². The van der Waals surface area contributed by atoms with Crippen LogP contribution in [0.5, 0.6) is 5.75 Å². The fraction of sp³-hybridized carbons (Fsp3) is 0.364. The number of nitrogens with two attached hydrogens (primary N) is 1. The van der Waals surface area contributed by atoms with Gasteiger partial charge >= 0.3 is 5.97 Å². The summed E-state index contributed by atoms with van der Waals surface area (Å²) in [5.41, 5.74) is 5.85. The van der Waals surface area contributed by atoms with Gasteiger partial charge in [0.05, 0.1) is 19.3 Å². The normalized spacial score (nSPS) is 9.73. The van der Waals surface area contributed by atoms with Crippen LogP contribution in [-0.4, -0.2) is 26.2 Å². The van der Waals surface area contributed by atoms with E-state index < -0.39 is 0 Å². The van der Waals surface area contributed by atoms with Crippen molar-refractivity contribution in [3.05, 3.63) is 29.8 Å². The van der Waals surface area contributed by atoms with E-state index in [0.29, 0.717) is 18.7 Å². The van der Waals surface area contributed by atoms with Crippen LogP contribution in [0.1, 0.15) is 16.8 Å². The lowest BCUT2D eigenvalue weighted by atomic mass is 10.2.